The van der Waals surface area contributed by atoms with E-state index in [1.165, 1.54) is 0 Å². The summed E-state index contributed by atoms with van der Waals surface area (Å²) in [5.41, 5.74) is 5.66. The molecule has 3 aromatic rings. The normalized spacial score (nSPS) is 12.5. The molecule has 5 heteroatoms. The zero-order chi connectivity index (χ0) is 14.7. The summed E-state index contributed by atoms with van der Waals surface area (Å²) < 4.78 is 0.945. The Morgan fingerprint density at radius 2 is 1.95 bits per heavy atom. The highest BCUT2D eigenvalue weighted by Gasteiger charge is 2.17. The maximum atomic E-state index is 5.73. The minimum absolute atomic E-state index is 0.0983. The van der Waals surface area contributed by atoms with Crippen molar-refractivity contribution in [3.63, 3.8) is 0 Å². The van der Waals surface area contributed by atoms with Crippen molar-refractivity contribution >= 4 is 26.8 Å². The summed E-state index contributed by atoms with van der Waals surface area (Å²) in [5.74, 6) is 5.73. The van der Waals surface area contributed by atoms with Gasteiger partial charge in [-0.1, -0.05) is 24.3 Å². The highest BCUT2D eigenvalue weighted by Crippen LogP contribution is 2.27. The number of hydrazine groups is 1. The fraction of sp³-hybridized carbons (Fsp3) is 0.125. The van der Waals surface area contributed by atoms with E-state index in [9.17, 15) is 0 Å². The zero-order valence-electron chi connectivity index (χ0n) is 11.3. The summed E-state index contributed by atoms with van der Waals surface area (Å²) in [6.45, 7) is 0. The molecule has 1 unspecified atom stereocenters. The molecule has 2 aromatic heterocycles. The largest absolute Gasteiger partial charge is 0.271 e. The van der Waals surface area contributed by atoms with Crippen LogP contribution in [0.25, 0.3) is 10.9 Å². The van der Waals surface area contributed by atoms with Gasteiger partial charge in [0.1, 0.15) is 0 Å². The van der Waals surface area contributed by atoms with E-state index in [-0.39, 0.29) is 6.04 Å². The molecule has 0 saturated heterocycles. The second-order valence-electron chi connectivity index (χ2n) is 4.79. The Morgan fingerprint density at radius 1 is 1.14 bits per heavy atom. The average Bonchev–Trinajstić information content (AvgIpc) is 2.53. The summed E-state index contributed by atoms with van der Waals surface area (Å²) in [6.07, 6.45) is 2.47. The van der Waals surface area contributed by atoms with Gasteiger partial charge in [-0.2, -0.15) is 0 Å². The second-order valence-corrected chi connectivity index (χ2v) is 5.65. The van der Waals surface area contributed by atoms with Crippen molar-refractivity contribution < 1.29 is 0 Å². The van der Waals surface area contributed by atoms with Gasteiger partial charge in [-0.15, -0.1) is 0 Å². The van der Waals surface area contributed by atoms with Crippen LogP contribution in [-0.4, -0.2) is 9.97 Å². The smallest absolute Gasteiger partial charge is 0.0740 e. The third-order valence-corrected chi connectivity index (χ3v) is 4.01. The Hall–Kier alpha value is -1.82. The van der Waals surface area contributed by atoms with Gasteiger partial charge in [-0.25, -0.2) is 4.98 Å². The van der Waals surface area contributed by atoms with Crippen LogP contribution in [0.2, 0.25) is 0 Å². The molecule has 0 amide bonds. The Morgan fingerprint density at radius 3 is 2.71 bits per heavy atom. The Balaban J connectivity index is 1.98. The summed E-state index contributed by atoms with van der Waals surface area (Å²) in [5, 5.41) is 1.10. The minimum atomic E-state index is -0.0983. The van der Waals surface area contributed by atoms with E-state index in [2.05, 4.69) is 32.4 Å². The lowest BCUT2D eigenvalue weighted by molar-refractivity contribution is 0.532. The summed E-state index contributed by atoms with van der Waals surface area (Å²) in [7, 11) is 0. The van der Waals surface area contributed by atoms with Crippen molar-refractivity contribution in [1.29, 1.82) is 0 Å². The van der Waals surface area contributed by atoms with Crippen LogP contribution in [0.1, 0.15) is 17.4 Å². The standard InChI is InChI=1S/C16H15BrN4/c17-13-9-11-5-1-2-7-14(11)20-16(13)15(21-18)10-12-6-3-4-8-19-12/h1-9,15,21H,10,18H2. The van der Waals surface area contributed by atoms with Crippen LogP contribution in [-0.2, 0) is 6.42 Å². The predicted molar refractivity (Wildman–Crippen MR) is 87.4 cm³/mol. The van der Waals surface area contributed by atoms with Crippen molar-refractivity contribution in [3.8, 4) is 0 Å². The van der Waals surface area contributed by atoms with E-state index in [4.69, 9.17) is 10.8 Å². The molecule has 0 bridgehead atoms. The van der Waals surface area contributed by atoms with Crippen molar-refractivity contribution in [2.75, 3.05) is 0 Å². The van der Waals surface area contributed by atoms with Gasteiger partial charge in [0.25, 0.3) is 0 Å². The number of nitrogens with one attached hydrogen (secondary N) is 1. The van der Waals surface area contributed by atoms with Gasteiger partial charge >= 0.3 is 0 Å². The van der Waals surface area contributed by atoms with E-state index >= 15 is 0 Å². The summed E-state index contributed by atoms with van der Waals surface area (Å²) in [6, 6.07) is 15.9. The number of pyridine rings is 2. The van der Waals surface area contributed by atoms with Crippen LogP contribution in [0.3, 0.4) is 0 Å². The maximum Gasteiger partial charge on any atom is 0.0740 e. The topological polar surface area (TPSA) is 63.8 Å². The molecule has 3 N–H and O–H groups in total. The first kappa shape index (κ1) is 14.1. The molecule has 0 aliphatic rings. The molecule has 1 aromatic carbocycles. The number of fused-ring (bicyclic) bond motifs is 1. The molecule has 21 heavy (non-hydrogen) atoms. The van der Waals surface area contributed by atoms with Crippen molar-refractivity contribution in [2.24, 2.45) is 5.84 Å². The first-order valence-corrected chi connectivity index (χ1v) is 7.48. The highest BCUT2D eigenvalue weighted by molar-refractivity contribution is 9.10. The fourth-order valence-electron chi connectivity index (χ4n) is 2.31. The first-order chi connectivity index (χ1) is 10.3. The maximum absolute atomic E-state index is 5.73. The summed E-state index contributed by atoms with van der Waals surface area (Å²) in [4.78, 5) is 9.07. The summed E-state index contributed by atoms with van der Waals surface area (Å²) >= 11 is 3.59. The molecule has 0 saturated carbocycles. The SMILES string of the molecule is NNC(Cc1ccccn1)c1nc2ccccc2cc1Br. The third-order valence-electron chi connectivity index (χ3n) is 3.38. The average molecular weight is 343 g/mol. The number of aromatic nitrogens is 2. The minimum Gasteiger partial charge on any atom is -0.271 e. The number of para-hydroxylation sites is 1. The lowest BCUT2D eigenvalue weighted by atomic mass is 10.1. The van der Waals surface area contributed by atoms with Crippen LogP contribution in [0.4, 0.5) is 0 Å². The van der Waals surface area contributed by atoms with E-state index in [1.54, 1.807) is 6.20 Å². The Kier molecular flexibility index (Phi) is 4.24. The van der Waals surface area contributed by atoms with E-state index in [0.29, 0.717) is 6.42 Å². The number of rotatable bonds is 4. The number of nitrogens with zero attached hydrogens (tertiary/aromatic N) is 2. The third kappa shape index (κ3) is 3.10. The van der Waals surface area contributed by atoms with Gasteiger partial charge in [0.05, 0.1) is 17.3 Å². The number of nitrogens with two attached hydrogens (primary N) is 1. The first-order valence-electron chi connectivity index (χ1n) is 6.69. The number of halogens is 1. The molecule has 0 fully saturated rings. The molecule has 1 atom stereocenters. The molecule has 2 heterocycles. The molecular weight excluding hydrogens is 328 g/mol. The number of hydrogen-bond acceptors (Lipinski definition) is 4. The van der Waals surface area contributed by atoms with Gasteiger partial charge < -0.3 is 0 Å². The van der Waals surface area contributed by atoms with E-state index in [1.807, 2.05) is 42.5 Å². The predicted octanol–water partition coefficient (Wildman–Crippen LogP) is 3.14. The molecule has 106 valence electrons. The molecule has 0 aliphatic carbocycles. The molecule has 4 nitrogen and oxygen atoms in total. The van der Waals surface area contributed by atoms with Gasteiger partial charge in [-0.05, 0) is 40.2 Å². The van der Waals surface area contributed by atoms with Crippen molar-refractivity contribution in [1.82, 2.24) is 15.4 Å². The molecule has 0 radical (unpaired) electrons. The van der Waals surface area contributed by atoms with Gasteiger partial charge in [0, 0.05) is 28.2 Å². The van der Waals surface area contributed by atoms with Crippen LogP contribution in [0, 0.1) is 0 Å². The second kappa shape index (κ2) is 6.30. The fourth-order valence-corrected chi connectivity index (χ4v) is 2.92. The monoisotopic (exact) mass is 342 g/mol. The molecule has 3 rings (SSSR count). The number of benzene rings is 1. The van der Waals surface area contributed by atoms with Crippen LogP contribution >= 0.6 is 15.9 Å². The van der Waals surface area contributed by atoms with Crippen LogP contribution in [0.15, 0.2) is 59.2 Å². The lowest BCUT2D eigenvalue weighted by Crippen LogP contribution is -2.30. The van der Waals surface area contributed by atoms with Gasteiger partial charge in [-0.3, -0.25) is 16.3 Å². The lowest BCUT2D eigenvalue weighted by Gasteiger charge is -2.17. The van der Waals surface area contributed by atoms with Gasteiger partial charge in [0.2, 0.25) is 0 Å². The molecule has 0 spiro atoms. The quantitative estimate of drug-likeness (QED) is 0.564. The number of hydrogen-bond donors (Lipinski definition) is 2. The Labute approximate surface area is 131 Å². The van der Waals surface area contributed by atoms with Crippen molar-refractivity contribution in [3.05, 3.63) is 70.6 Å². The highest BCUT2D eigenvalue weighted by atomic mass is 79.9. The zero-order valence-corrected chi connectivity index (χ0v) is 12.9. The van der Waals surface area contributed by atoms with Gasteiger partial charge in [0.15, 0.2) is 0 Å². The van der Waals surface area contributed by atoms with E-state index in [0.717, 1.165) is 26.8 Å². The van der Waals surface area contributed by atoms with Crippen LogP contribution in [0.5, 0.6) is 0 Å². The molecular formula is C16H15BrN4. The van der Waals surface area contributed by atoms with Crippen LogP contribution < -0.4 is 11.3 Å². The Bertz CT molecular complexity index is 746. The van der Waals surface area contributed by atoms with Crippen molar-refractivity contribution in [2.45, 2.75) is 12.5 Å². The van der Waals surface area contributed by atoms with E-state index < -0.39 is 0 Å². The molecule has 0 aliphatic heterocycles.